The highest BCUT2D eigenvalue weighted by atomic mass is 35.5. The van der Waals surface area contributed by atoms with Gasteiger partial charge in [-0.1, -0.05) is 17.7 Å². The van der Waals surface area contributed by atoms with Gasteiger partial charge >= 0.3 is 5.97 Å². The van der Waals surface area contributed by atoms with Gasteiger partial charge in [-0.25, -0.2) is 14.8 Å². The van der Waals surface area contributed by atoms with Crippen molar-refractivity contribution < 1.29 is 9.90 Å². The van der Waals surface area contributed by atoms with Crippen molar-refractivity contribution >= 4 is 40.1 Å². The third-order valence-electron chi connectivity index (χ3n) is 6.68. The minimum absolute atomic E-state index is 0.0180. The number of aromatic nitrogens is 3. The van der Waals surface area contributed by atoms with Gasteiger partial charge < -0.3 is 15.3 Å². The molecule has 3 aromatic rings. The van der Waals surface area contributed by atoms with Gasteiger partial charge in [0, 0.05) is 24.7 Å². The van der Waals surface area contributed by atoms with Gasteiger partial charge in [-0.15, -0.1) is 0 Å². The van der Waals surface area contributed by atoms with Crippen LogP contribution in [0.1, 0.15) is 60.3 Å². The van der Waals surface area contributed by atoms with E-state index in [1.54, 1.807) is 12.1 Å². The van der Waals surface area contributed by atoms with Gasteiger partial charge in [0.15, 0.2) is 5.69 Å². The standard InChI is InChI=1S/C24H26ClN5O3/c1-13-11-16(14(2)26-18-6-7-19(25)27-21(18)23(32)33)20-17(12-13)22(31)30-10-8-15-5-3-4-9-29(15)24(30)28-20/h6-7,11-12,14-15,26H,3-5,8-10H2,1-2H3,(H,32,33). The second-order valence-corrected chi connectivity index (χ2v) is 9.34. The highest BCUT2D eigenvalue weighted by Gasteiger charge is 2.31. The fourth-order valence-corrected chi connectivity index (χ4v) is 5.26. The van der Waals surface area contributed by atoms with E-state index in [0.717, 1.165) is 42.9 Å². The molecular weight excluding hydrogens is 442 g/mol. The van der Waals surface area contributed by atoms with Crippen LogP contribution in [0.15, 0.2) is 29.1 Å². The molecule has 0 amide bonds. The molecule has 2 N–H and O–H groups in total. The van der Waals surface area contributed by atoms with Crippen LogP contribution < -0.4 is 15.8 Å². The molecule has 1 aromatic carbocycles. The molecule has 4 heterocycles. The zero-order valence-corrected chi connectivity index (χ0v) is 19.4. The first kappa shape index (κ1) is 21.7. The van der Waals surface area contributed by atoms with Gasteiger partial charge in [0.1, 0.15) is 5.15 Å². The molecule has 2 atom stereocenters. The summed E-state index contributed by atoms with van der Waals surface area (Å²) in [5, 5.41) is 13.5. The van der Waals surface area contributed by atoms with Crippen molar-refractivity contribution in [2.24, 2.45) is 0 Å². The van der Waals surface area contributed by atoms with Crippen molar-refractivity contribution in [3.8, 4) is 0 Å². The first-order valence-corrected chi connectivity index (χ1v) is 11.7. The van der Waals surface area contributed by atoms with Gasteiger partial charge in [-0.2, -0.15) is 0 Å². The molecule has 9 heteroatoms. The Bertz CT molecular complexity index is 1320. The maximum absolute atomic E-state index is 13.5. The van der Waals surface area contributed by atoms with E-state index in [1.165, 1.54) is 6.42 Å². The molecule has 2 aromatic heterocycles. The number of benzene rings is 1. The number of carboxylic acids is 1. The molecule has 0 radical (unpaired) electrons. The SMILES string of the molecule is Cc1cc(C(C)Nc2ccc(Cl)nc2C(=O)O)c2nc3n(c(=O)c2c1)CCC1CCCCN31. The molecule has 0 spiro atoms. The van der Waals surface area contributed by atoms with E-state index in [2.05, 4.69) is 15.2 Å². The van der Waals surface area contributed by atoms with Crippen molar-refractivity contribution in [1.82, 2.24) is 14.5 Å². The number of pyridine rings is 1. The van der Waals surface area contributed by atoms with E-state index in [9.17, 15) is 14.7 Å². The maximum Gasteiger partial charge on any atom is 0.356 e. The number of hydrogen-bond acceptors (Lipinski definition) is 6. The van der Waals surface area contributed by atoms with Gasteiger partial charge in [-0.05, 0) is 63.3 Å². The quantitative estimate of drug-likeness (QED) is 0.549. The summed E-state index contributed by atoms with van der Waals surface area (Å²) in [6, 6.07) is 7.17. The summed E-state index contributed by atoms with van der Waals surface area (Å²) in [5.41, 5.74) is 2.64. The molecule has 1 fully saturated rings. The molecule has 33 heavy (non-hydrogen) atoms. The fourth-order valence-electron chi connectivity index (χ4n) is 5.11. The number of anilines is 2. The number of fused-ring (bicyclic) bond motifs is 4. The molecule has 0 aliphatic carbocycles. The van der Waals surface area contributed by atoms with Gasteiger partial charge in [0.25, 0.3) is 5.56 Å². The molecule has 2 unspecified atom stereocenters. The van der Waals surface area contributed by atoms with Gasteiger partial charge in [0.05, 0.1) is 22.6 Å². The molecule has 2 aliphatic heterocycles. The Morgan fingerprint density at radius 3 is 2.82 bits per heavy atom. The summed E-state index contributed by atoms with van der Waals surface area (Å²) in [6.07, 6.45) is 4.42. The zero-order chi connectivity index (χ0) is 23.3. The minimum atomic E-state index is -1.16. The van der Waals surface area contributed by atoms with E-state index >= 15 is 0 Å². The molecule has 5 rings (SSSR count). The highest BCUT2D eigenvalue weighted by Crippen LogP contribution is 2.33. The number of aryl methyl sites for hydroxylation is 1. The molecule has 8 nitrogen and oxygen atoms in total. The molecule has 0 bridgehead atoms. The van der Waals surface area contributed by atoms with Crippen LogP contribution in [0, 0.1) is 6.92 Å². The van der Waals surface area contributed by atoms with E-state index < -0.39 is 5.97 Å². The number of piperidine rings is 1. The molecule has 0 saturated carbocycles. The lowest BCUT2D eigenvalue weighted by molar-refractivity contribution is 0.0691. The Morgan fingerprint density at radius 2 is 2.03 bits per heavy atom. The summed E-state index contributed by atoms with van der Waals surface area (Å²) in [7, 11) is 0. The normalized spacial score (nSPS) is 18.5. The molecule has 172 valence electrons. The third kappa shape index (κ3) is 3.82. The monoisotopic (exact) mass is 467 g/mol. The van der Waals surface area contributed by atoms with Crippen LogP contribution in [0.25, 0.3) is 10.9 Å². The van der Waals surface area contributed by atoms with Crippen LogP contribution in [-0.2, 0) is 6.54 Å². The predicted octanol–water partition coefficient (Wildman–Crippen LogP) is 4.39. The van der Waals surface area contributed by atoms with Crippen molar-refractivity contribution in [2.45, 2.75) is 58.2 Å². The van der Waals surface area contributed by atoms with Crippen LogP contribution in [0.2, 0.25) is 5.15 Å². The maximum atomic E-state index is 13.5. The smallest absolute Gasteiger partial charge is 0.356 e. The molecular formula is C24H26ClN5O3. The summed E-state index contributed by atoms with van der Waals surface area (Å²) in [4.78, 5) is 36.4. The first-order valence-electron chi connectivity index (χ1n) is 11.3. The largest absolute Gasteiger partial charge is 0.476 e. The van der Waals surface area contributed by atoms with Crippen LogP contribution in [0.4, 0.5) is 11.6 Å². The number of nitrogens with zero attached hydrogens (tertiary/aromatic N) is 4. The lowest BCUT2D eigenvalue weighted by atomic mass is 9.97. The number of hydrogen-bond donors (Lipinski definition) is 2. The highest BCUT2D eigenvalue weighted by molar-refractivity contribution is 6.29. The van der Waals surface area contributed by atoms with Gasteiger partial charge in [0.2, 0.25) is 5.95 Å². The minimum Gasteiger partial charge on any atom is -0.476 e. The van der Waals surface area contributed by atoms with Crippen molar-refractivity contribution in [2.75, 3.05) is 16.8 Å². The topological polar surface area (TPSA) is 100 Å². The second-order valence-electron chi connectivity index (χ2n) is 8.95. The Balaban J connectivity index is 1.62. The Morgan fingerprint density at radius 1 is 1.21 bits per heavy atom. The van der Waals surface area contributed by atoms with E-state index in [-0.39, 0.29) is 22.4 Å². The van der Waals surface area contributed by atoms with E-state index in [1.807, 2.05) is 30.5 Å². The molecule has 1 saturated heterocycles. The zero-order valence-electron chi connectivity index (χ0n) is 18.6. The Hall–Kier alpha value is -3.13. The van der Waals surface area contributed by atoms with Crippen molar-refractivity contribution in [3.05, 3.63) is 56.6 Å². The summed E-state index contributed by atoms with van der Waals surface area (Å²) < 4.78 is 1.82. The lowest BCUT2D eigenvalue weighted by Crippen LogP contribution is -2.48. The van der Waals surface area contributed by atoms with E-state index in [4.69, 9.17) is 16.6 Å². The average Bonchev–Trinajstić information content (AvgIpc) is 2.80. The first-order chi connectivity index (χ1) is 15.8. The Labute approximate surface area is 196 Å². The number of halogens is 1. The van der Waals surface area contributed by atoms with Crippen LogP contribution >= 0.6 is 11.6 Å². The number of carboxylic acid groups (broad SMARTS) is 1. The third-order valence-corrected chi connectivity index (χ3v) is 6.90. The summed E-state index contributed by atoms with van der Waals surface area (Å²) >= 11 is 5.90. The number of nitrogens with one attached hydrogen (secondary N) is 1. The summed E-state index contributed by atoms with van der Waals surface area (Å²) in [6.45, 7) is 5.48. The molecule has 2 aliphatic rings. The fraction of sp³-hybridized carbons (Fsp3) is 0.417. The summed E-state index contributed by atoms with van der Waals surface area (Å²) in [5.74, 6) is -0.414. The van der Waals surface area contributed by atoms with Crippen LogP contribution in [0.3, 0.4) is 0 Å². The van der Waals surface area contributed by atoms with Crippen molar-refractivity contribution in [3.63, 3.8) is 0 Å². The predicted molar refractivity (Wildman–Crippen MR) is 129 cm³/mol. The van der Waals surface area contributed by atoms with Crippen molar-refractivity contribution in [1.29, 1.82) is 0 Å². The second kappa shape index (κ2) is 8.33. The average molecular weight is 468 g/mol. The Kier molecular flexibility index (Phi) is 5.48. The number of carbonyl (C=O) groups is 1. The van der Waals surface area contributed by atoms with Crippen LogP contribution in [0.5, 0.6) is 0 Å². The number of rotatable bonds is 4. The number of aromatic carboxylic acids is 1. The van der Waals surface area contributed by atoms with Gasteiger partial charge in [-0.3, -0.25) is 9.36 Å². The van der Waals surface area contributed by atoms with Crippen LogP contribution in [-0.4, -0.2) is 38.2 Å². The lowest BCUT2D eigenvalue weighted by Gasteiger charge is -2.41. The van der Waals surface area contributed by atoms with E-state index in [0.29, 0.717) is 29.2 Å².